The van der Waals surface area contributed by atoms with Crippen molar-refractivity contribution in [1.82, 2.24) is 4.72 Å². The summed E-state index contributed by atoms with van der Waals surface area (Å²) < 4.78 is 43.9. The molecule has 1 N–H and O–H groups in total. The number of rotatable bonds is 9. The molecule has 0 radical (unpaired) electrons. The molecule has 0 unspecified atom stereocenters. The Morgan fingerprint density at radius 3 is 2.36 bits per heavy atom. The topological polar surface area (TPSA) is 90.9 Å². The zero-order valence-corrected chi connectivity index (χ0v) is 17.2. The maximum atomic E-state index is 12.7. The smallest absolute Gasteiger partial charge is 0.337 e. The van der Waals surface area contributed by atoms with Gasteiger partial charge in [-0.15, -0.1) is 0 Å². The highest BCUT2D eigenvalue weighted by molar-refractivity contribution is 7.89. The van der Waals surface area contributed by atoms with Gasteiger partial charge in [0.05, 0.1) is 30.8 Å². The van der Waals surface area contributed by atoms with Crippen LogP contribution in [-0.4, -0.2) is 34.7 Å². The van der Waals surface area contributed by atoms with Crippen LogP contribution in [0.25, 0.3) is 0 Å². The van der Waals surface area contributed by atoms with Crippen LogP contribution in [-0.2, 0) is 14.8 Å². The van der Waals surface area contributed by atoms with Crippen molar-refractivity contribution in [1.29, 1.82) is 0 Å². The van der Waals surface area contributed by atoms with Crippen molar-refractivity contribution in [3.05, 3.63) is 53.6 Å². The molecule has 0 aliphatic heterocycles. The average molecular weight is 407 g/mol. The molecule has 0 spiro atoms. The summed E-state index contributed by atoms with van der Waals surface area (Å²) in [6.45, 7) is 6.43. The van der Waals surface area contributed by atoms with Gasteiger partial charge in [-0.05, 0) is 56.7 Å². The Hall–Kier alpha value is -2.58. The SMILES string of the molecule is CCOc1ccc([C@@H](C)NS(=O)(=O)c2cccc(C(=O)OC)c2)cc1OCC. The van der Waals surface area contributed by atoms with Crippen LogP contribution >= 0.6 is 0 Å². The van der Waals surface area contributed by atoms with Crippen molar-refractivity contribution in [2.45, 2.75) is 31.7 Å². The van der Waals surface area contributed by atoms with E-state index in [-0.39, 0.29) is 10.5 Å². The number of ether oxygens (including phenoxy) is 3. The molecule has 0 amide bonds. The highest BCUT2D eigenvalue weighted by Gasteiger charge is 2.21. The first-order valence-corrected chi connectivity index (χ1v) is 10.4. The number of hydrogen-bond donors (Lipinski definition) is 1. The zero-order chi connectivity index (χ0) is 20.7. The summed E-state index contributed by atoms with van der Waals surface area (Å²) in [6, 6.07) is 10.5. The summed E-state index contributed by atoms with van der Waals surface area (Å²) >= 11 is 0. The second-order valence-corrected chi connectivity index (χ2v) is 7.65. The van der Waals surface area contributed by atoms with E-state index in [1.165, 1.54) is 31.4 Å². The number of carbonyl (C=O) groups excluding carboxylic acids is 1. The van der Waals surface area contributed by atoms with E-state index in [4.69, 9.17) is 9.47 Å². The lowest BCUT2D eigenvalue weighted by Gasteiger charge is -2.18. The largest absolute Gasteiger partial charge is 0.490 e. The van der Waals surface area contributed by atoms with Gasteiger partial charge in [-0.3, -0.25) is 0 Å². The van der Waals surface area contributed by atoms with Crippen molar-refractivity contribution >= 4 is 16.0 Å². The molecule has 2 aromatic carbocycles. The van der Waals surface area contributed by atoms with Gasteiger partial charge in [-0.2, -0.15) is 0 Å². The molecule has 0 heterocycles. The molecule has 8 heteroatoms. The number of hydrogen-bond acceptors (Lipinski definition) is 6. The second-order valence-electron chi connectivity index (χ2n) is 5.93. The van der Waals surface area contributed by atoms with Crippen LogP contribution < -0.4 is 14.2 Å². The van der Waals surface area contributed by atoms with E-state index < -0.39 is 22.0 Å². The van der Waals surface area contributed by atoms with Gasteiger partial charge in [0, 0.05) is 6.04 Å². The van der Waals surface area contributed by atoms with E-state index in [1.807, 2.05) is 13.8 Å². The number of sulfonamides is 1. The average Bonchev–Trinajstić information content (AvgIpc) is 2.68. The highest BCUT2D eigenvalue weighted by Crippen LogP contribution is 2.31. The highest BCUT2D eigenvalue weighted by atomic mass is 32.2. The van der Waals surface area contributed by atoms with Crippen molar-refractivity contribution in [3.63, 3.8) is 0 Å². The van der Waals surface area contributed by atoms with Gasteiger partial charge in [-0.25, -0.2) is 17.9 Å². The van der Waals surface area contributed by atoms with Gasteiger partial charge in [0.1, 0.15) is 0 Å². The van der Waals surface area contributed by atoms with Gasteiger partial charge in [0.25, 0.3) is 0 Å². The summed E-state index contributed by atoms with van der Waals surface area (Å²) in [7, 11) is -2.61. The predicted octanol–water partition coefficient (Wildman–Crippen LogP) is 3.31. The van der Waals surface area contributed by atoms with Crippen LogP contribution in [0.4, 0.5) is 0 Å². The first-order valence-electron chi connectivity index (χ1n) is 8.92. The monoisotopic (exact) mass is 407 g/mol. The third-order valence-electron chi connectivity index (χ3n) is 3.96. The lowest BCUT2D eigenvalue weighted by Crippen LogP contribution is -2.27. The van der Waals surface area contributed by atoms with E-state index >= 15 is 0 Å². The van der Waals surface area contributed by atoms with E-state index in [2.05, 4.69) is 9.46 Å². The first kappa shape index (κ1) is 21.7. The lowest BCUT2D eigenvalue weighted by molar-refractivity contribution is 0.0600. The Kier molecular flexibility index (Phi) is 7.42. The first-order chi connectivity index (χ1) is 13.3. The van der Waals surface area contributed by atoms with E-state index in [0.29, 0.717) is 24.7 Å². The van der Waals surface area contributed by atoms with Crippen LogP contribution in [0, 0.1) is 0 Å². The summed E-state index contributed by atoms with van der Waals surface area (Å²) in [5.74, 6) is 0.562. The molecule has 2 rings (SSSR count). The number of carbonyl (C=O) groups is 1. The summed E-state index contributed by atoms with van der Waals surface area (Å²) in [5, 5.41) is 0. The van der Waals surface area contributed by atoms with Gasteiger partial charge < -0.3 is 14.2 Å². The number of methoxy groups -OCH3 is 1. The molecule has 152 valence electrons. The maximum Gasteiger partial charge on any atom is 0.337 e. The number of nitrogens with one attached hydrogen (secondary N) is 1. The van der Waals surface area contributed by atoms with Gasteiger partial charge in [-0.1, -0.05) is 12.1 Å². The molecule has 0 aliphatic carbocycles. The Labute approximate surface area is 165 Å². The summed E-state index contributed by atoms with van der Waals surface area (Å²) in [5.41, 5.74) is 0.886. The Morgan fingerprint density at radius 2 is 1.71 bits per heavy atom. The third kappa shape index (κ3) is 5.24. The van der Waals surface area contributed by atoms with Gasteiger partial charge in [0.2, 0.25) is 10.0 Å². The molecule has 0 bridgehead atoms. The van der Waals surface area contributed by atoms with Crippen LogP contribution in [0.3, 0.4) is 0 Å². The Morgan fingerprint density at radius 1 is 1.04 bits per heavy atom. The number of esters is 1. The maximum absolute atomic E-state index is 12.7. The normalized spacial score (nSPS) is 12.3. The Bertz CT molecular complexity index is 926. The van der Waals surface area contributed by atoms with E-state index in [1.54, 1.807) is 25.1 Å². The molecule has 0 aromatic heterocycles. The molecule has 1 atom stereocenters. The molecule has 0 saturated heterocycles. The van der Waals surface area contributed by atoms with Gasteiger partial charge in [0.15, 0.2) is 11.5 Å². The molecule has 7 nitrogen and oxygen atoms in total. The predicted molar refractivity (Wildman–Crippen MR) is 105 cm³/mol. The van der Waals surface area contributed by atoms with Crippen LogP contribution in [0.15, 0.2) is 47.4 Å². The van der Waals surface area contributed by atoms with Crippen LogP contribution in [0.5, 0.6) is 11.5 Å². The van der Waals surface area contributed by atoms with Crippen LogP contribution in [0.2, 0.25) is 0 Å². The molecule has 28 heavy (non-hydrogen) atoms. The fourth-order valence-electron chi connectivity index (χ4n) is 2.61. The molecule has 0 saturated carbocycles. The fraction of sp³-hybridized carbons (Fsp3) is 0.350. The summed E-state index contributed by atoms with van der Waals surface area (Å²) in [6.07, 6.45) is 0. The van der Waals surface area contributed by atoms with Crippen LogP contribution in [0.1, 0.15) is 42.7 Å². The van der Waals surface area contributed by atoms with E-state index in [0.717, 1.165) is 5.56 Å². The minimum atomic E-state index is -3.85. The Balaban J connectivity index is 2.27. The lowest BCUT2D eigenvalue weighted by atomic mass is 10.1. The van der Waals surface area contributed by atoms with Crippen molar-refractivity contribution in [3.8, 4) is 11.5 Å². The third-order valence-corrected chi connectivity index (χ3v) is 5.50. The van der Waals surface area contributed by atoms with Crippen molar-refractivity contribution in [2.24, 2.45) is 0 Å². The molecular formula is C20H25NO6S. The summed E-state index contributed by atoms with van der Waals surface area (Å²) in [4.78, 5) is 11.6. The zero-order valence-electron chi connectivity index (χ0n) is 16.4. The molecular weight excluding hydrogens is 382 g/mol. The van der Waals surface area contributed by atoms with E-state index in [9.17, 15) is 13.2 Å². The minimum absolute atomic E-state index is 0.0155. The molecule has 0 aliphatic rings. The second kappa shape index (κ2) is 9.57. The molecule has 2 aromatic rings. The quantitative estimate of drug-likeness (QED) is 0.642. The fourth-order valence-corrected chi connectivity index (χ4v) is 3.89. The molecule has 0 fully saturated rings. The standard InChI is InChI=1S/C20H25NO6S/c1-5-26-18-11-10-15(13-19(18)27-6-2)14(3)21-28(23,24)17-9-7-8-16(12-17)20(22)25-4/h7-14,21H,5-6H2,1-4H3/t14-/m1/s1. The van der Waals surface area contributed by atoms with Crippen molar-refractivity contribution in [2.75, 3.05) is 20.3 Å². The van der Waals surface area contributed by atoms with Crippen molar-refractivity contribution < 1.29 is 27.4 Å². The minimum Gasteiger partial charge on any atom is -0.490 e. The number of benzene rings is 2. The van der Waals surface area contributed by atoms with Gasteiger partial charge >= 0.3 is 5.97 Å².